The highest BCUT2D eigenvalue weighted by molar-refractivity contribution is 8.01. The van der Waals surface area contributed by atoms with Crippen LogP contribution in [0.1, 0.15) is 6.92 Å². The molecule has 1 heterocycles. The van der Waals surface area contributed by atoms with Gasteiger partial charge in [0, 0.05) is 5.75 Å². The first-order chi connectivity index (χ1) is 4.74. The molecule has 0 aliphatic carbocycles. The third-order valence-corrected chi connectivity index (χ3v) is 2.25. The monoisotopic (exact) mass is 159 g/mol. The van der Waals surface area contributed by atoms with Gasteiger partial charge in [-0.15, -0.1) is 11.8 Å². The maximum absolute atomic E-state index is 10.8. The summed E-state index contributed by atoms with van der Waals surface area (Å²) in [6.07, 6.45) is 0. The normalized spacial score (nSPS) is 24.2. The molecule has 0 saturated heterocycles. The molecule has 0 aromatic rings. The van der Waals surface area contributed by atoms with E-state index in [1.165, 1.54) is 7.11 Å². The third kappa shape index (κ3) is 1.50. The Balaban J connectivity index is 2.57. The number of esters is 1. The summed E-state index contributed by atoms with van der Waals surface area (Å²) >= 11 is 1.64. The molecule has 0 unspecified atom stereocenters. The molecule has 0 bridgehead atoms. The van der Waals surface area contributed by atoms with E-state index in [0.29, 0.717) is 11.5 Å². The maximum atomic E-state index is 10.8. The molecule has 1 aliphatic rings. The fraction of sp³-hybridized carbons (Fsp3) is 0.667. The largest absolute Gasteiger partial charge is 0.465 e. The molecule has 1 rings (SSSR count). The standard InChI is InChI=1S/C6H9NO2S/c1-4-7-5(3-10-4)6(8)9-2/h4H,3H2,1-2H3/t4-/m1/s1. The number of ether oxygens (including phenoxy) is 1. The van der Waals surface area contributed by atoms with Crippen molar-refractivity contribution in [3.8, 4) is 0 Å². The highest BCUT2D eigenvalue weighted by atomic mass is 32.2. The smallest absolute Gasteiger partial charge is 0.352 e. The van der Waals surface area contributed by atoms with Crippen LogP contribution in [0.2, 0.25) is 0 Å². The van der Waals surface area contributed by atoms with Crippen LogP contribution in [0.3, 0.4) is 0 Å². The van der Waals surface area contributed by atoms with Crippen LogP contribution in [0, 0.1) is 0 Å². The van der Waals surface area contributed by atoms with Crippen molar-refractivity contribution in [2.75, 3.05) is 12.9 Å². The maximum Gasteiger partial charge on any atom is 0.352 e. The lowest BCUT2D eigenvalue weighted by Gasteiger charge is -1.93. The molecule has 0 aromatic carbocycles. The molecule has 1 aliphatic heterocycles. The summed E-state index contributed by atoms with van der Waals surface area (Å²) in [6.45, 7) is 1.96. The summed E-state index contributed by atoms with van der Waals surface area (Å²) in [4.78, 5) is 14.9. The fourth-order valence-electron chi connectivity index (χ4n) is 0.723. The summed E-state index contributed by atoms with van der Waals surface area (Å²) in [7, 11) is 1.37. The van der Waals surface area contributed by atoms with E-state index in [0.717, 1.165) is 0 Å². The summed E-state index contributed by atoms with van der Waals surface area (Å²) < 4.78 is 4.50. The van der Waals surface area contributed by atoms with Crippen LogP contribution in [0.4, 0.5) is 0 Å². The number of nitrogens with zero attached hydrogens (tertiary/aromatic N) is 1. The molecule has 0 spiro atoms. The van der Waals surface area contributed by atoms with E-state index in [-0.39, 0.29) is 11.3 Å². The van der Waals surface area contributed by atoms with Gasteiger partial charge in [0.15, 0.2) is 0 Å². The van der Waals surface area contributed by atoms with Crippen LogP contribution < -0.4 is 0 Å². The topological polar surface area (TPSA) is 38.7 Å². The Morgan fingerprint density at radius 3 is 3.00 bits per heavy atom. The SMILES string of the molecule is COC(=O)C1=N[C@@H](C)SC1. The molecule has 0 saturated carbocycles. The summed E-state index contributed by atoms with van der Waals surface area (Å²) in [6, 6.07) is 0. The Kier molecular flexibility index (Phi) is 2.32. The van der Waals surface area contributed by atoms with E-state index in [1.54, 1.807) is 11.8 Å². The fourth-order valence-corrected chi connectivity index (χ4v) is 1.52. The molecule has 4 heteroatoms. The van der Waals surface area contributed by atoms with Crippen molar-refractivity contribution in [2.45, 2.75) is 12.3 Å². The molecule has 0 radical (unpaired) electrons. The van der Waals surface area contributed by atoms with Crippen molar-refractivity contribution in [1.82, 2.24) is 0 Å². The van der Waals surface area contributed by atoms with Gasteiger partial charge in [-0.1, -0.05) is 0 Å². The van der Waals surface area contributed by atoms with Gasteiger partial charge in [-0.05, 0) is 6.92 Å². The van der Waals surface area contributed by atoms with Crippen LogP contribution >= 0.6 is 11.8 Å². The zero-order valence-electron chi connectivity index (χ0n) is 5.96. The van der Waals surface area contributed by atoms with Crippen LogP contribution in [0.15, 0.2) is 4.99 Å². The average molecular weight is 159 g/mol. The summed E-state index contributed by atoms with van der Waals surface area (Å²) in [5.41, 5.74) is 0.556. The Labute approximate surface area is 63.9 Å². The van der Waals surface area contributed by atoms with E-state index < -0.39 is 0 Å². The van der Waals surface area contributed by atoms with E-state index >= 15 is 0 Å². The van der Waals surface area contributed by atoms with Gasteiger partial charge in [-0.2, -0.15) is 0 Å². The number of aliphatic imine (C=N–C) groups is 1. The van der Waals surface area contributed by atoms with Gasteiger partial charge < -0.3 is 4.74 Å². The highest BCUT2D eigenvalue weighted by Gasteiger charge is 2.19. The van der Waals surface area contributed by atoms with Crippen LogP contribution in [-0.4, -0.2) is 29.9 Å². The zero-order valence-corrected chi connectivity index (χ0v) is 6.77. The third-order valence-electron chi connectivity index (χ3n) is 1.22. The van der Waals surface area contributed by atoms with Crippen molar-refractivity contribution in [3.63, 3.8) is 0 Å². The molecule has 0 amide bonds. The Morgan fingerprint density at radius 2 is 2.60 bits per heavy atom. The lowest BCUT2D eigenvalue weighted by Crippen LogP contribution is -2.15. The number of hydrogen-bond acceptors (Lipinski definition) is 4. The van der Waals surface area contributed by atoms with Gasteiger partial charge in [0.05, 0.1) is 12.5 Å². The quantitative estimate of drug-likeness (QED) is 0.528. The minimum Gasteiger partial charge on any atom is -0.465 e. The molecule has 10 heavy (non-hydrogen) atoms. The van der Waals surface area contributed by atoms with E-state index in [4.69, 9.17) is 0 Å². The predicted molar refractivity (Wildman–Crippen MR) is 41.4 cm³/mol. The van der Waals surface area contributed by atoms with Gasteiger partial charge in [-0.3, -0.25) is 4.99 Å². The van der Waals surface area contributed by atoms with Gasteiger partial charge in [0.25, 0.3) is 0 Å². The van der Waals surface area contributed by atoms with Crippen molar-refractivity contribution in [1.29, 1.82) is 0 Å². The van der Waals surface area contributed by atoms with Gasteiger partial charge in [0.2, 0.25) is 0 Å². The molecular formula is C6H9NO2S. The number of hydrogen-bond donors (Lipinski definition) is 0. The minimum absolute atomic E-state index is 0.217. The first-order valence-electron chi connectivity index (χ1n) is 3.00. The molecule has 3 nitrogen and oxygen atoms in total. The lowest BCUT2D eigenvalue weighted by molar-refractivity contribution is -0.132. The second-order valence-electron chi connectivity index (χ2n) is 1.98. The van der Waals surface area contributed by atoms with Crippen molar-refractivity contribution < 1.29 is 9.53 Å². The lowest BCUT2D eigenvalue weighted by atomic mass is 10.4. The Bertz CT molecular complexity index is 179. The van der Waals surface area contributed by atoms with E-state index in [2.05, 4.69) is 9.73 Å². The van der Waals surface area contributed by atoms with Crippen LogP contribution in [-0.2, 0) is 9.53 Å². The second-order valence-corrected chi connectivity index (χ2v) is 3.28. The van der Waals surface area contributed by atoms with Crippen LogP contribution in [0.5, 0.6) is 0 Å². The van der Waals surface area contributed by atoms with Crippen molar-refractivity contribution in [3.05, 3.63) is 0 Å². The predicted octanol–water partition coefficient (Wildman–Crippen LogP) is 0.693. The number of methoxy groups -OCH3 is 1. The highest BCUT2D eigenvalue weighted by Crippen LogP contribution is 2.19. The molecular weight excluding hydrogens is 150 g/mol. The summed E-state index contributed by atoms with van der Waals surface area (Å²) in [5.74, 6) is 0.394. The first kappa shape index (κ1) is 7.60. The second kappa shape index (κ2) is 3.05. The van der Waals surface area contributed by atoms with Gasteiger partial charge in [-0.25, -0.2) is 4.79 Å². The molecule has 1 atom stereocenters. The first-order valence-corrected chi connectivity index (χ1v) is 4.05. The number of rotatable bonds is 1. The van der Waals surface area contributed by atoms with Gasteiger partial charge >= 0.3 is 5.97 Å². The van der Waals surface area contributed by atoms with Crippen LogP contribution in [0.25, 0.3) is 0 Å². The zero-order chi connectivity index (χ0) is 7.56. The Hall–Kier alpha value is -0.510. The van der Waals surface area contributed by atoms with Crippen molar-refractivity contribution in [2.24, 2.45) is 4.99 Å². The molecule has 0 fully saturated rings. The minimum atomic E-state index is -0.295. The van der Waals surface area contributed by atoms with Gasteiger partial charge in [0.1, 0.15) is 5.71 Å². The summed E-state index contributed by atoms with van der Waals surface area (Å²) in [5, 5.41) is 0.217. The average Bonchev–Trinajstić information content (AvgIpc) is 2.34. The molecule has 56 valence electrons. The van der Waals surface area contributed by atoms with Crippen molar-refractivity contribution >= 4 is 23.4 Å². The van der Waals surface area contributed by atoms with E-state index in [1.807, 2.05) is 6.92 Å². The molecule has 0 aromatic heterocycles. The number of thioether (sulfide) groups is 1. The number of carbonyl (C=O) groups is 1. The number of carbonyl (C=O) groups excluding carboxylic acids is 1. The van der Waals surface area contributed by atoms with E-state index in [9.17, 15) is 4.79 Å². The molecule has 0 N–H and O–H groups in total. The Morgan fingerprint density at radius 1 is 1.90 bits per heavy atom.